The monoisotopic (exact) mass is 293 g/mol. The van der Waals surface area contributed by atoms with E-state index >= 15 is 0 Å². The number of carboxylic acids is 1. The lowest BCUT2D eigenvalue weighted by Gasteiger charge is -2.15. The zero-order valence-corrected chi connectivity index (χ0v) is 11.3. The highest BCUT2D eigenvalue weighted by atomic mass is 35.5. The first kappa shape index (κ1) is 14.1. The van der Waals surface area contributed by atoms with Crippen molar-refractivity contribution in [3.63, 3.8) is 0 Å². The van der Waals surface area contributed by atoms with Crippen LogP contribution in [-0.2, 0) is 4.79 Å². The molecule has 6 heteroatoms. The van der Waals surface area contributed by atoms with Gasteiger partial charge in [0, 0.05) is 16.1 Å². The molecular formula is C14H12ClNO4. The molecule has 0 bridgehead atoms. The average Bonchev–Trinajstić information content (AvgIpc) is 2.83. The molecule has 0 spiro atoms. The quantitative estimate of drug-likeness (QED) is 0.908. The van der Waals surface area contributed by atoms with Crippen molar-refractivity contribution in [2.24, 2.45) is 0 Å². The van der Waals surface area contributed by atoms with E-state index in [1.807, 2.05) is 0 Å². The Kier molecular flexibility index (Phi) is 4.10. The fourth-order valence-corrected chi connectivity index (χ4v) is 2.03. The van der Waals surface area contributed by atoms with Crippen LogP contribution in [0.1, 0.15) is 27.7 Å². The van der Waals surface area contributed by atoms with E-state index in [1.165, 1.54) is 6.26 Å². The van der Waals surface area contributed by atoms with Crippen LogP contribution in [0.3, 0.4) is 0 Å². The van der Waals surface area contributed by atoms with Gasteiger partial charge in [-0.15, -0.1) is 0 Å². The molecule has 0 aliphatic carbocycles. The number of amides is 1. The SMILES string of the molecule is Cc1ccoc1C(=O)N[C@@H](C(=O)O)c1ccccc1Cl. The van der Waals surface area contributed by atoms with Crippen LogP contribution in [0.15, 0.2) is 41.0 Å². The molecule has 2 N–H and O–H groups in total. The molecule has 5 nitrogen and oxygen atoms in total. The second-order valence-electron chi connectivity index (χ2n) is 4.20. The van der Waals surface area contributed by atoms with Crippen molar-refractivity contribution in [2.45, 2.75) is 13.0 Å². The maximum Gasteiger partial charge on any atom is 0.330 e. The summed E-state index contributed by atoms with van der Waals surface area (Å²) in [4.78, 5) is 23.4. The van der Waals surface area contributed by atoms with Crippen LogP contribution in [0.5, 0.6) is 0 Å². The Morgan fingerprint density at radius 1 is 1.30 bits per heavy atom. The van der Waals surface area contributed by atoms with Crippen LogP contribution in [-0.4, -0.2) is 17.0 Å². The van der Waals surface area contributed by atoms with E-state index < -0.39 is 17.9 Å². The van der Waals surface area contributed by atoms with Gasteiger partial charge in [-0.1, -0.05) is 29.8 Å². The summed E-state index contributed by atoms with van der Waals surface area (Å²) < 4.78 is 5.03. The maximum absolute atomic E-state index is 12.0. The smallest absolute Gasteiger partial charge is 0.330 e. The summed E-state index contributed by atoms with van der Waals surface area (Å²) in [6.07, 6.45) is 1.37. The number of carbonyl (C=O) groups is 2. The topological polar surface area (TPSA) is 79.5 Å². The first-order chi connectivity index (χ1) is 9.50. The van der Waals surface area contributed by atoms with Gasteiger partial charge < -0.3 is 14.8 Å². The third-order valence-electron chi connectivity index (χ3n) is 2.81. The molecule has 1 aromatic heterocycles. The van der Waals surface area contributed by atoms with E-state index in [-0.39, 0.29) is 10.8 Å². The van der Waals surface area contributed by atoms with Crippen molar-refractivity contribution in [3.8, 4) is 0 Å². The highest BCUT2D eigenvalue weighted by molar-refractivity contribution is 6.31. The van der Waals surface area contributed by atoms with Gasteiger partial charge in [0.15, 0.2) is 11.8 Å². The van der Waals surface area contributed by atoms with E-state index in [0.29, 0.717) is 11.1 Å². The van der Waals surface area contributed by atoms with Crippen LogP contribution in [0.25, 0.3) is 0 Å². The van der Waals surface area contributed by atoms with E-state index in [0.717, 1.165) is 0 Å². The fourth-order valence-electron chi connectivity index (χ4n) is 1.78. The maximum atomic E-state index is 12.0. The van der Waals surface area contributed by atoms with Crippen molar-refractivity contribution in [2.75, 3.05) is 0 Å². The van der Waals surface area contributed by atoms with Crippen LogP contribution >= 0.6 is 11.6 Å². The molecular weight excluding hydrogens is 282 g/mol. The Morgan fingerprint density at radius 2 is 2.00 bits per heavy atom. The highest BCUT2D eigenvalue weighted by Crippen LogP contribution is 2.23. The zero-order valence-electron chi connectivity index (χ0n) is 10.6. The zero-order chi connectivity index (χ0) is 14.7. The number of carbonyl (C=O) groups excluding carboxylic acids is 1. The standard InChI is InChI=1S/C14H12ClNO4/c1-8-6-7-20-12(8)13(17)16-11(14(18)19)9-4-2-3-5-10(9)15/h2-7,11H,1H3,(H,16,17)(H,18,19)/t11-/m1/s1. The van der Waals surface area contributed by atoms with Gasteiger partial charge in [-0.3, -0.25) is 4.79 Å². The van der Waals surface area contributed by atoms with Crippen molar-refractivity contribution in [3.05, 3.63) is 58.5 Å². The first-order valence-electron chi connectivity index (χ1n) is 5.83. The minimum atomic E-state index is -1.24. The first-order valence-corrected chi connectivity index (χ1v) is 6.20. The number of hydrogen-bond acceptors (Lipinski definition) is 3. The molecule has 1 aromatic carbocycles. The van der Waals surface area contributed by atoms with Gasteiger partial charge in [0.1, 0.15) is 0 Å². The van der Waals surface area contributed by atoms with Crippen LogP contribution in [0.4, 0.5) is 0 Å². The molecule has 1 amide bonds. The number of furan rings is 1. The van der Waals surface area contributed by atoms with Crippen LogP contribution in [0.2, 0.25) is 5.02 Å². The summed E-state index contributed by atoms with van der Waals surface area (Å²) >= 11 is 5.96. The third kappa shape index (κ3) is 2.83. The summed E-state index contributed by atoms with van der Waals surface area (Å²) in [7, 11) is 0. The van der Waals surface area contributed by atoms with E-state index in [2.05, 4.69) is 5.32 Å². The normalized spacial score (nSPS) is 11.9. The van der Waals surface area contributed by atoms with Crippen LogP contribution in [0, 0.1) is 6.92 Å². The predicted octanol–water partition coefficient (Wildman–Crippen LogP) is 2.80. The Balaban J connectivity index is 2.28. The molecule has 104 valence electrons. The second-order valence-corrected chi connectivity index (χ2v) is 4.61. The summed E-state index contributed by atoms with van der Waals surface area (Å²) in [6, 6.07) is 6.85. The second kappa shape index (κ2) is 5.79. The average molecular weight is 294 g/mol. The lowest BCUT2D eigenvalue weighted by atomic mass is 10.1. The van der Waals surface area contributed by atoms with Gasteiger partial charge in [-0.25, -0.2) is 4.79 Å². The summed E-state index contributed by atoms with van der Waals surface area (Å²) in [5, 5.41) is 11.9. The molecule has 1 heterocycles. The van der Waals surface area contributed by atoms with Crippen molar-refractivity contribution in [1.29, 1.82) is 0 Å². The molecule has 0 fully saturated rings. The van der Waals surface area contributed by atoms with Crippen molar-refractivity contribution < 1.29 is 19.1 Å². The number of carboxylic acid groups (broad SMARTS) is 1. The molecule has 1 atom stereocenters. The largest absolute Gasteiger partial charge is 0.479 e. The molecule has 0 radical (unpaired) electrons. The molecule has 2 aromatic rings. The van der Waals surface area contributed by atoms with E-state index in [4.69, 9.17) is 16.0 Å². The highest BCUT2D eigenvalue weighted by Gasteiger charge is 2.26. The lowest BCUT2D eigenvalue weighted by Crippen LogP contribution is -2.34. The van der Waals surface area contributed by atoms with Crippen LogP contribution < -0.4 is 5.32 Å². The minimum Gasteiger partial charge on any atom is -0.479 e. The summed E-state index contributed by atoms with van der Waals surface area (Å²) in [5.74, 6) is -1.71. The number of aliphatic carboxylic acids is 1. The third-order valence-corrected chi connectivity index (χ3v) is 3.15. The fraction of sp³-hybridized carbons (Fsp3) is 0.143. The molecule has 0 aliphatic rings. The Morgan fingerprint density at radius 3 is 2.55 bits per heavy atom. The number of nitrogens with one attached hydrogen (secondary N) is 1. The Bertz CT molecular complexity index is 650. The Labute approximate surface area is 120 Å². The van der Waals surface area contributed by atoms with Gasteiger partial charge in [-0.2, -0.15) is 0 Å². The molecule has 0 saturated carbocycles. The van der Waals surface area contributed by atoms with Gasteiger partial charge in [0.25, 0.3) is 5.91 Å². The van der Waals surface area contributed by atoms with Crippen molar-refractivity contribution in [1.82, 2.24) is 5.32 Å². The van der Waals surface area contributed by atoms with E-state index in [1.54, 1.807) is 37.3 Å². The van der Waals surface area contributed by atoms with Gasteiger partial charge in [-0.05, 0) is 19.1 Å². The van der Waals surface area contributed by atoms with Gasteiger partial charge in [0.05, 0.1) is 6.26 Å². The number of benzene rings is 1. The Hall–Kier alpha value is -2.27. The number of hydrogen-bond donors (Lipinski definition) is 2. The molecule has 2 rings (SSSR count). The summed E-state index contributed by atoms with van der Waals surface area (Å²) in [5.41, 5.74) is 0.949. The summed E-state index contributed by atoms with van der Waals surface area (Å²) in [6.45, 7) is 1.70. The van der Waals surface area contributed by atoms with Crippen molar-refractivity contribution >= 4 is 23.5 Å². The minimum absolute atomic E-state index is 0.0864. The lowest BCUT2D eigenvalue weighted by molar-refractivity contribution is -0.139. The predicted molar refractivity (Wildman–Crippen MR) is 72.7 cm³/mol. The molecule has 0 aliphatic heterocycles. The van der Waals surface area contributed by atoms with Gasteiger partial charge in [0.2, 0.25) is 0 Å². The van der Waals surface area contributed by atoms with E-state index in [9.17, 15) is 14.7 Å². The number of halogens is 1. The molecule has 0 unspecified atom stereocenters. The number of rotatable bonds is 4. The number of aryl methyl sites for hydroxylation is 1. The molecule has 0 saturated heterocycles. The molecule has 20 heavy (non-hydrogen) atoms. The van der Waals surface area contributed by atoms with Gasteiger partial charge >= 0.3 is 5.97 Å².